The molecule has 0 atom stereocenters. The van der Waals surface area contributed by atoms with Crippen LogP contribution in [0.25, 0.3) is 0 Å². The highest BCUT2D eigenvalue weighted by Crippen LogP contribution is 2.28. The molecule has 0 aromatic heterocycles. The van der Waals surface area contributed by atoms with Crippen LogP contribution in [0.4, 0.5) is 0 Å². The fraction of sp³-hybridized carbons (Fsp3) is 0.846. The van der Waals surface area contributed by atoms with E-state index in [-0.39, 0.29) is 18.5 Å². The van der Waals surface area contributed by atoms with E-state index in [4.69, 9.17) is 5.73 Å². The summed E-state index contributed by atoms with van der Waals surface area (Å²) in [6.45, 7) is 7.94. The molecule has 0 aromatic carbocycles. The van der Waals surface area contributed by atoms with E-state index < -0.39 is 11.4 Å². The van der Waals surface area contributed by atoms with Gasteiger partial charge in [-0.05, 0) is 26.7 Å². The second kappa shape index (κ2) is 7.36. The zero-order chi connectivity index (χ0) is 14.3. The summed E-state index contributed by atoms with van der Waals surface area (Å²) in [6.07, 6.45) is 1.34. The van der Waals surface area contributed by atoms with Crippen molar-refractivity contribution in [3.8, 4) is 0 Å². The number of hydrogen-bond donors (Lipinski definition) is 1. The molecule has 0 fully saturated rings. The van der Waals surface area contributed by atoms with E-state index in [1.165, 1.54) is 7.11 Å². The predicted molar refractivity (Wildman–Crippen MR) is 70.9 cm³/mol. The molecule has 0 saturated heterocycles. The first-order chi connectivity index (χ1) is 8.38. The molecule has 0 aliphatic rings. The van der Waals surface area contributed by atoms with Gasteiger partial charge < -0.3 is 15.4 Å². The number of esters is 1. The Bertz CT molecular complexity index is 278. The first-order valence-corrected chi connectivity index (χ1v) is 6.46. The Morgan fingerprint density at radius 3 is 2.06 bits per heavy atom. The summed E-state index contributed by atoms with van der Waals surface area (Å²) in [7, 11) is 1.32. The van der Waals surface area contributed by atoms with Gasteiger partial charge in [0.05, 0.1) is 12.5 Å². The van der Waals surface area contributed by atoms with Crippen molar-refractivity contribution in [2.24, 2.45) is 11.1 Å². The fourth-order valence-corrected chi connectivity index (χ4v) is 1.93. The second-order valence-corrected chi connectivity index (χ2v) is 4.79. The predicted octanol–water partition coefficient (Wildman–Crippen LogP) is 1.16. The number of carbonyl (C=O) groups is 2. The van der Waals surface area contributed by atoms with E-state index in [1.54, 1.807) is 4.90 Å². The third-order valence-electron chi connectivity index (χ3n) is 3.61. The van der Waals surface area contributed by atoms with Crippen LogP contribution in [0.5, 0.6) is 0 Å². The molecule has 0 unspecified atom stereocenters. The maximum absolute atomic E-state index is 12.6. The van der Waals surface area contributed by atoms with Crippen molar-refractivity contribution in [2.45, 2.75) is 46.6 Å². The Morgan fingerprint density at radius 1 is 1.28 bits per heavy atom. The van der Waals surface area contributed by atoms with Gasteiger partial charge in [-0.1, -0.05) is 13.8 Å². The molecule has 0 radical (unpaired) electrons. The second-order valence-electron chi connectivity index (χ2n) is 4.79. The summed E-state index contributed by atoms with van der Waals surface area (Å²) < 4.78 is 4.63. The van der Waals surface area contributed by atoms with E-state index >= 15 is 0 Å². The summed E-state index contributed by atoms with van der Waals surface area (Å²) in [5.41, 5.74) is 5.20. The first kappa shape index (κ1) is 16.9. The largest absolute Gasteiger partial charge is 0.468 e. The van der Waals surface area contributed by atoms with Crippen molar-refractivity contribution in [3.63, 3.8) is 0 Å². The molecule has 0 aromatic rings. The molecular weight excluding hydrogens is 232 g/mol. The average Bonchev–Trinajstić information content (AvgIpc) is 2.37. The number of amides is 1. The normalized spacial score (nSPS) is 11.5. The molecule has 2 N–H and O–H groups in total. The molecule has 0 bridgehead atoms. The minimum atomic E-state index is -0.571. The Morgan fingerprint density at radius 2 is 1.78 bits per heavy atom. The van der Waals surface area contributed by atoms with Crippen molar-refractivity contribution in [1.29, 1.82) is 0 Å². The summed E-state index contributed by atoms with van der Waals surface area (Å²) in [6, 6.07) is -0.0550. The van der Waals surface area contributed by atoms with Crippen molar-refractivity contribution < 1.29 is 14.3 Å². The van der Waals surface area contributed by atoms with E-state index in [1.807, 2.05) is 27.7 Å². The molecule has 0 aliphatic carbocycles. The molecule has 1 amide bonds. The lowest BCUT2D eigenvalue weighted by Gasteiger charge is -2.36. The number of methoxy groups -OCH3 is 1. The van der Waals surface area contributed by atoms with Gasteiger partial charge in [0.15, 0.2) is 0 Å². The smallest absolute Gasteiger partial charge is 0.325 e. The molecule has 0 heterocycles. The van der Waals surface area contributed by atoms with Gasteiger partial charge >= 0.3 is 5.97 Å². The number of carbonyl (C=O) groups excluding carboxylic acids is 2. The lowest BCUT2D eigenvalue weighted by molar-refractivity contribution is -0.153. The van der Waals surface area contributed by atoms with Crippen molar-refractivity contribution in [2.75, 3.05) is 20.2 Å². The van der Waals surface area contributed by atoms with E-state index in [0.29, 0.717) is 19.4 Å². The van der Waals surface area contributed by atoms with Gasteiger partial charge in [0, 0.05) is 12.6 Å². The topological polar surface area (TPSA) is 72.6 Å². The van der Waals surface area contributed by atoms with Crippen LogP contribution in [0.15, 0.2) is 0 Å². The van der Waals surface area contributed by atoms with Crippen LogP contribution in [-0.2, 0) is 14.3 Å². The number of rotatable bonds is 7. The lowest BCUT2D eigenvalue weighted by atomic mass is 9.80. The first-order valence-electron chi connectivity index (χ1n) is 6.46. The molecule has 5 nitrogen and oxygen atoms in total. The van der Waals surface area contributed by atoms with Crippen LogP contribution in [0.2, 0.25) is 0 Å². The number of hydrogen-bond acceptors (Lipinski definition) is 4. The summed E-state index contributed by atoms with van der Waals surface area (Å²) in [5, 5.41) is 0. The van der Waals surface area contributed by atoms with Crippen molar-refractivity contribution in [3.05, 3.63) is 0 Å². The molecule has 0 rings (SSSR count). The monoisotopic (exact) mass is 258 g/mol. The third-order valence-corrected chi connectivity index (χ3v) is 3.61. The zero-order valence-corrected chi connectivity index (χ0v) is 12.2. The Balaban J connectivity index is 5.11. The van der Waals surface area contributed by atoms with Gasteiger partial charge in [-0.3, -0.25) is 9.59 Å². The molecular formula is C13H26N2O3. The van der Waals surface area contributed by atoms with Crippen molar-refractivity contribution >= 4 is 11.9 Å². The third kappa shape index (κ3) is 3.70. The molecule has 0 spiro atoms. The highest BCUT2D eigenvalue weighted by molar-refractivity contribution is 5.86. The standard InChI is InChI=1S/C13H26N2O3/c1-6-13(7-2,9-14)12(17)15(10(3)4)8-11(16)18-5/h10H,6-9,14H2,1-5H3. The summed E-state index contributed by atoms with van der Waals surface area (Å²) in [5.74, 6) is -0.467. The van der Waals surface area contributed by atoms with Gasteiger partial charge in [0.1, 0.15) is 6.54 Å². The van der Waals surface area contributed by atoms with E-state index in [2.05, 4.69) is 4.74 Å². The summed E-state index contributed by atoms with van der Waals surface area (Å²) >= 11 is 0. The highest BCUT2D eigenvalue weighted by atomic mass is 16.5. The van der Waals surface area contributed by atoms with Gasteiger partial charge in [0.25, 0.3) is 0 Å². The molecule has 106 valence electrons. The number of ether oxygens (including phenoxy) is 1. The zero-order valence-electron chi connectivity index (χ0n) is 12.2. The highest BCUT2D eigenvalue weighted by Gasteiger charge is 2.38. The van der Waals surface area contributed by atoms with Crippen LogP contribution in [0.1, 0.15) is 40.5 Å². The molecule has 0 aliphatic heterocycles. The van der Waals surface area contributed by atoms with Crippen molar-refractivity contribution in [1.82, 2.24) is 4.90 Å². The van der Waals surface area contributed by atoms with E-state index in [0.717, 1.165) is 0 Å². The Hall–Kier alpha value is -1.10. The Kier molecular flexibility index (Phi) is 6.91. The van der Waals surface area contributed by atoms with Crippen LogP contribution >= 0.6 is 0 Å². The van der Waals surface area contributed by atoms with Gasteiger partial charge in [-0.25, -0.2) is 0 Å². The quantitative estimate of drug-likeness (QED) is 0.696. The van der Waals surface area contributed by atoms with Crippen LogP contribution in [-0.4, -0.2) is 43.0 Å². The minimum Gasteiger partial charge on any atom is -0.468 e. The lowest BCUT2D eigenvalue weighted by Crippen LogP contribution is -2.51. The van der Waals surface area contributed by atoms with Crippen LogP contribution in [0.3, 0.4) is 0 Å². The Labute approximate surface area is 110 Å². The number of nitrogens with two attached hydrogens (primary N) is 1. The van der Waals surface area contributed by atoms with Crippen LogP contribution < -0.4 is 5.73 Å². The molecule has 5 heteroatoms. The van der Waals surface area contributed by atoms with Gasteiger partial charge in [-0.2, -0.15) is 0 Å². The van der Waals surface area contributed by atoms with Gasteiger partial charge in [-0.15, -0.1) is 0 Å². The summed E-state index contributed by atoms with van der Waals surface area (Å²) in [4.78, 5) is 25.5. The fourth-order valence-electron chi connectivity index (χ4n) is 1.93. The van der Waals surface area contributed by atoms with E-state index in [9.17, 15) is 9.59 Å². The SMILES string of the molecule is CCC(CC)(CN)C(=O)N(CC(=O)OC)C(C)C. The minimum absolute atomic E-state index is 0.0191. The average molecular weight is 258 g/mol. The molecule has 0 saturated carbocycles. The maximum atomic E-state index is 12.6. The van der Waals surface area contributed by atoms with Gasteiger partial charge in [0.2, 0.25) is 5.91 Å². The number of nitrogens with zero attached hydrogens (tertiary/aromatic N) is 1. The molecule has 18 heavy (non-hydrogen) atoms. The van der Waals surface area contributed by atoms with Crippen LogP contribution in [0, 0.1) is 5.41 Å². The maximum Gasteiger partial charge on any atom is 0.325 e.